The van der Waals surface area contributed by atoms with E-state index in [4.69, 9.17) is 15.7 Å². The zero-order valence-corrected chi connectivity index (χ0v) is 13.3. The number of hydrogen-bond acceptors (Lipinski definition) is 6. The van der Waals surface area contributed by atoms with Gasteiger partial charge in [-0.05, 0) is 46.6 Å². The number of hydroxylamine groups is 1. The normalized spacial score (nSPS) is 12.2. The van der Waals surface area contributed by atoms with Gasteiger partial charge in [-0.1, -0.05) is 0 Å². The molecule has 0 bridgehead atoms. The Morgan fingerprint density at radius 2 is 1.86 bits per heavy atom. The van der Waals surface area contributed by atoms with Gasteiger partial charge >= 0.3 is 6.09 Å². The predicted molar refractivity (Wildman–Crippen MR) is 79.0 cm³/mol. The Balaban J connectivity index is 4.56. The van der Waals surface area contributed by atoms with Gasteiger partial charge in [-0.3, -0.25) is 14.8 Å². The number of unbranched alkanes of at least 4 members (excludes halogenated alkanes) is 1. The van der Waals surface area contributed by atoms with Crippen molar-refractivity contribution < 1.29 is 24.3 Å². The Bertz CT molecular complexity index is 381. The van der Waals surface area contributed by atoms with Crippen molar-refractivity contribution in [3.63, 3.8) is 0 Å². The van der Waals surface area contributed by atoms with Crippen molar-refractivity contribution >= 4 is 17.9 Å². The minimum absolute atomic E-state index is 0.364. The minimum Gasteiger partial charge on any atom is -0.444 e. The van der Waals surface area contributed by atoms with E-state index < -0.39 is 36.1 Å². The van der Waals surface area contributed by atoms with Crippen LogP contribution in [0.15, 0.2) is 0 Å². The SMILES string of the molecule is CC(C)(C)OC(=O)N[C@@H](CCCCN)C(=O)NCC(=O)NO. The summed E-state index contributed by atoms with van der Waals surface area (Å²) in [6.45, 7) is 5.22. The number of ether oxygens (including phenoxy) is 1. The van der Waals surface area contributed by atoms with E-state index >= 15 is 0 Å². The molecule has 9 nitrogen and oxygen atoms in total. The molecule has 0 fully saturated rings. The molecule has 0 unspecified atom stereocenters. The predicted octanol–water partition coefficient (Wildman–Crippen LogP) is -0.370. The van der Waals surface area contributed by atoms with E-state index in [1.807, 2.05) is 0 Å². The average molecular weight is 318 g/mol. The number of carbonyl (C=O) groups excluding carboxylic acids is 3. The lowest BCUT2D eigenvalue weighted by atomic mass is 10.1. The fourth-order valence-electron chi connectivity index (χ4n) is 1.54. The quantitative estimate of drug-likeness (QED) is 0.235. The molecule has 6 N–H and O–H groups in total. The zero-order valence-electron chi connectivity index (χ0n) is 13.3. The van der Waals surface area contributed by atoms with E-state index in [-0.39, 0.29) is 0 Å². The number of nitrogens with two attached hydrogens (primary N) is 1. The lowest BCUT2D eigenvalue weighted by Crippen LogP contribution is -2.49. The minimum atomic E-state index is -0.840. The molecule has 1 atom stereocenters. The van der Waals surface area contributed by atoms with Crippen molar-refractivity contribution in [1.29, 1.82) is 0 Å². The van der Waals surface area contributed by atoms with Crippen LogP contribution in [0.1, 0.15) is 40.0 Å². The van der Waals surface area contributed by atoms with E-state index in [9.17, 15) is 14.4 Å². The Morgan fingerprint density at radius 1 is 1.23 bits per heavy atom. The number of rotatable bonds is 8. The number of alkyl carbamates (subject to hydrolysis) is 1. The maximum atomic E-state index is 12.0. The highest BCUT2D eigenvalue weighted by molar-refractivity contribution is 5.89. The third-order valence-corrected chi connectivity index (χ3v) is 2.50. The molecular formula is C13H26N4O5. The summed E-state index contributed by atoms with van der Waals surface area (Å²) in [7, 11) is 0. The average Bonchev–Trinajstić information content (AvgIpc) is 2.41. The second-order valence-corrected chi connectivity index (χ2v) is 5.74. The van der Waals surface area contributed by atoms with Crippen molar-refractivity contribution in [2.45, 2.75) is 51.7 Å². The van der Waals surface area contributed by atoms with Gasteiger partial charge in [0, 0.05) is 0 Å². The van der Waals surface area contributed by atoms with Crippen LogP contribution < -0.4 is 21.8 Å². The van der Waals surface area contributed by atoms with Crippen LogP contribution in [0.2, 0.25) is 0 Å². The van der Waals surface area contributed by atoms with Gasteiger partial charge in [0.1, 0.15) is 11.6 Å². The summed E-state index contributed by atoms with van der Waals surface area (Å²) < 4.78 is 5.10. The van der Waals surface area contributed by atoms with Crippen molar-refractivity contribution in [2.75, 3.05) is 13.1 Å². The summed E-state index contributed by atoms with van der Waals surface area (Å²) in [5.74, 6) is -1.29. The third kappa shape index (κ3) is 9.94. The highest BCUT2D eigenvalue weighted by Crippen LogP contribution is 2.08. The summed E-state index contributed by atoms with van der Waals surface area (Å²) in [5, 5.41) is 13.2. The Hall–Kier alpha value is -1.87. The Labute approximate surface area is 129 Å². The smallest absolute Gasteiger partial charge is 0.408 e. The van der Waals surface area contributed by atoms with Crippen LogP contribution >= 0.6 is 0 Å². The summed E-state index contributed by atoms with van der Waals surface area (Å²) in [6.07, 6.45) is 0.989. The highest BCUT2D eigenvalue weighted by atomic mass is 16.6. The lowest BCUT2D eigenvalue weighted by molar-refractivity contribution is -0.131. The van der Waals surface area contributed by atoms with E-state index in [0.717, 1.165) is 0 Å². The van der Waals surface area contributed by atoms with Gasteiger partial charge in [-0.2, -0.15) is 0 Å². The molecule has 0 aromatic rings. The molecule has 0 saturated heterocycles. The fourth-order valence-corrected chi connectivity index (χ4v) is 1.54. The molecule has 22 heavy (non-hydrogen) atoms. The van der Waals surface area contributed by atoms with Crippen LogP contribution in [0.3, 0.4) is 0 Å². The zero-order chi connectivity index (χ0) is 17.2. The topological polar surface area (TPSA) is 143 Å². The van der Waals surface area contributed by atoms with E-state index in [1.54, 1.807) is 20.8 Å². The third-order valence-electron chi connectivity index (χ3n) is 2.50. The standard InChI is InChI=1S/C13H26N4O5/c1-13(2,3)22-12(20)16-9(6-4-5-7-14)11(19)15-8-10(18)17-21/h9,21H,4-8,14H2,1-3H3,(H,15,19)(H,16,20)(H,17,18)/t9-/m0/s1. The molecule has 0 radical (unpaired) electrons. The van der Waals surface area contributed by atoms with Gasteiger partial charge in [0.25, 0.3) is 5.91 Å². The fraction of sp³-hybridized carbons (Fsp3) is 0.769. The van der Waals surface area contributed by atoms with E-state index in [2.05, 4.69) is 10.6 Å². The summed E-state index contributed by atoms with van der Waals surface area (Å²) in [6, 6.07) is -0.840. The number of hydrogen-bond donors (Lipinski definition) is 5. The first-order valence-electron chi connectivity index (χ1n) is 7.10. The first kappa shape index (κ1) is 20.1. The van der Waals surface area contributed by atoms with Crippen LogP contribution in [-0.4, -0.2) is 47.8 Å². The Morgan fingerprint density at radius 3 is 2.36 bits per heavy atom. The second-order valence-electron chi connectivity index (χ2n) is 5.74. The van der Waals surface area contributed by atoms with E-state index in [1.165, 1.54) is 5.48 Å². The molecule has 0 aliphatic heterocycles. The van der Waals surface area contributed by atoms with Gasteiger partial charge in [0.05, 0.1) is 6.54 Å². The van der Waals surface area contributed by atoms with Gasteiger partial charge in [0.2, 0.25) is 5.91 Å². The van der Waals surface area contributed by atoms with Crippen LogP contribution in [0.5, 0.6) is 0 Å². The number of nitrogens with one attached hydrogen (secondary N) is 3. The molecule has 0 aliphatic carbocycles. The summed E-state index contributed by atoms with van der Waals surface area (Å²) >= 11 is 0. The van der Waals surface area contributed by atoms with Crippen molar-refractivity contribution in [1.82, 2.24) is 16.1 Å². The molecule has 0 aliphatic rings. The lowest BCUT2D eigenvalue weighted by Gasteiger charge is -2.23. The maximum Gasteiger partial charge on any atom is 0.408 e. The van der Waals surface area contributed by atoms with Crippen molar-refractivity contribution in [2.24, 2.45) is 5.73 Å². The van der Waals surface area contributed by atoms with E-state index in [0.29, 0.717) is 25.8 Å². The van der Waals surface area contributed by atoms with Crippen LogP contribution in [0, 0.1) is 0 Å². The molecule has 128 valence electrons. The molecule has 0 aromatic carbocycles. The molecule has 0 aromatic heterocycles. The van der Waals surface area contributed by atoms with Gasteiger partial charge in [-0.25, -0.2) is 10.3 Å². The molecule has 9 heteroatoms. The number of carbonyl (C=O) groups is 3. The van der Waals surface area contributed by atoms with Crippen molar-refractivity contribution in [3.05, 3.63) is 0 Å². The van der Waals surface area contributed by atoms with Crippen LogP contribution in [0.4, 0.5) is 4.79 Å². The molecule has 0 spiro atoms. The van der Waals surface area contributed by atoms with Gasteiger partial charge in [-0.15, -0.1) is 0 Å². The first-order chi connectivity index (χ1) is 10.2. The monoisotopic (exact) mass is 318 g/mol. The largest absolute Gasteiger partial charge is 0.444 e. The van der Waals surface area contributed by atoms with Crippen LogP contribution in [0.25, 0.3) is 0 Å². The van der Waals surface area contributed by atoms with Crippen molar-refractivity contribution in [3.8, 4) is 0 Å². The summed E-state index contributed by atoms with van der Waals surface area (Å²) in [4.78, 5) is 34.6. The maximum absolute atomic E-state index is 12.0. The molecular weight excluding hydrogens is 292 g/mol. The second kappa shape index (κ2) is 9.96. The highest BCUT2D eigenvalue weighted by Gasteiger charge is 2.24. The first-order valence-corrected chi connectivity index (χ1v) is 7.10. The van der Waals surface area contributed by atoms with Gasteiger partial charge < -0.3 is 21.1 Å². The molecule has 0 rings (SSSR count). The summed E-state index contributed by atoms with van der Waals surface area (Å²) in [5.41, 5.74) is 6.12. The van der Waals surface area contributed by atoms with Crippen LogP contribution in [-0.2, 0) is 14.3 Å². The van der Waals surface area contributed by atoms with Gasteiger partial charge in [0.15, 0.2) is 0 Å². The number of amides is 3. The molecule has 0 heterocycles. The Kier molecular flexibility index (Phi) is 9.11. The molecule has 3 amide bonds. The molecule has 0 saturated carbocycles.